The van der Waals surface area contributed by atoms with Crippen molar-refractivity contribution >= 4 is 16.8 Å². The van der Waals surface area contributed by atoms with Crippen molar-refractivity contribution in [1.29, 1.82) is 0 Å². The summed E-state index contributed by atoms with van der Waals surface area (Å²) in [4.78, 5) is 16.3. The number of amides is 1. The molecule has 0 bridgehead atoms. The number of pyridine rings is 1. The minimum absolute atomic E-state index is 0.104. The highest BCUT2D eigenvalue weighted by Crippen LogP contribution is 2.18. The number of hydrogen-bond donors (Lipinski definition) is 1. The molecule has 3 aromatic rings. The molecule has 0 aliphatic rings. The first-order chi connectivity index (χ1) is 13.4. The van der Waals surface area contributed by atoms with Crippen molar-refractivity contribution in [3.63, 3.8) is 0 Å². The van der Waals surface area contributed by atoms with Crippen LogP contribution in [0.1, 0.15) is 28.5 Å². The third-order valence-electron chi connectivity index (χ3n) is 3.94. The molecular formula is C19H19F3N4O2. The highest BCUT2D eigenvalue weighted by Gasteiger charge is 2.27. The number of carbonyl (C=O) groups is 1. The Bertz CT molecular complexity index is 952. The average Bonchev–Trinajstić information content (AvgIpc) is 3.04. The molecule has 1 amide bonds. The summed E-state index contributed by atoms with van der Waals surface area (Å²) in [6.07, 6.45) is -1.03. The molecular weight excluding hydrogens is 373 g/mol. The van der Waals surface area contributed by atoms with Crippen LogP contribution in [0.4, 0.5) is 13.2 Å². The lowest BCUT2D eigenvalue weighted by molar-refractivity contribution is -0.176. The van der Waals surface area contributed by atoms with E-state index in [0.29, 0.717) is 35.2 Å². The van der Waals surface area contributed by atoms with Gasteiger partial charge in [-0.2, -0.15) is 18.3 Å². The fourth-order valence-electron chi connectivity index (χ4n) is 2.71. The van der Waals surface area contributed by atoms with Gasteiger partial charge < -0.3 is 10.1 Å². The topological polar surface area (TPSA) is 69.0 Å². The van der Waals surface area contributed by atoms with Gasteiger partial charge >= 0.3 is 6.18 Å². The van der Waals surface area contributed by atoms with E-state index in [2.05, 4.69) is 20.1 Å². The van der Waals surface area contributed by atoms with Gasteiger partial charge in [-0.3, -0.25) is 14.5 Å². The zero-order chi connectivity index (χ0) is 20.1. The molecule has 28 heavy (non-hydrogen) atoms. The number of halogens is 3. The van der Waals surface area contributed by atoms with Gasteiger partial charge in [-0.05, 0) is 24.1 Å². The van der Waals surface area contributed by atoms with Gasteiger partial charge in [-0.15, -0.1) is 0 Å². The van der Waals surface area contributed by atoms with Gasteiger partial charge in [0.25, 0.3) is 5.91 Å². The molecule has 0 fully saturated rings. The van der Waals surface area contributed by atoms with Crippen molar-refractivity contribution in [3.8, 4) is 0 Å². The quantitative estimate of drug-likeness (QED) is 0.670. The maximum atomic E-state index is 12.1. The van der Waals surface area contributed by atoms with E-state index >= 15 is 0 Å². The van der Waals surface area contributed by atoms with E-state index in [4.69, 9.17) is 0 Å². The van der Waals surface area contributed by atoms with Crippen molar-refractivity contribution in [1.82, 2.24) is 20.1 Å². The molecule has 0 saturated carbocycles. The molecule has 2 aromatic heterocycles. The Hall–Kier alpha value is -2.94. The molecule has 0 saturated heterocycles. The van der Waals surface area contributed by atoms with Crippen LogP contribution in [0.5, 0.6) is 0 Å². The number of carbonyl (C=O) groups excluding carboxylic acids is 1. The van der Waals surface area contributed by atoms with Gasteiger partial charge in [0, 0.05) is 18.9 Å². The third kappa shape index (κ3) is 5.07. The van der Waals surface area contributed by atoms with Crippen LogP contribution in [0.25, 0.3) is 10.9 Å². The van der Waals surface area contributed by atoms with Gasteiger partial charge in [-0.1, -0.05) is 24.3 Å². The largest absolute Gasteiger partial charge is 0.411 e. The number of alkyl halides is 3. The van der Waals surface area contributed by atoms with E-state index in [0.717, 1.165) is 5.56 Å². The zero-order valence-corrected chi connectivity index (χ0v) is 15.2. The number of ether oxygens (including phenoxy) is 1. The van der Waals surface area contributed by atoms with Gasteiger partial charge in [-0.25, -0.2) is 0 Å². The monoisotopic (exact) mass is 392 g/mol. The van der Waals surface area contributed by atoms with E-state index in [9.17, 15) is 18.0 Å². The number of rotatable bonds is 7. The Morgan fingerprint density at radius 3 is 2.57 bits per heavy atom. The second-order valence-corrected chi connectivity index (χ2v) is 6.20. The molecule has 0 radical (unpaired) electrons. The van der Waals surface area contributed by atoms with Crippen LogP contribution in [0.2, 0.25) is 0 Å². The van der Waals surface area contributed by atoms with E-state index in [1.165, 1.54) is 0 Å². The Morgan fingerprint density at radius 1 is 1.18 bits per heavy atom. The van der Waals surface area contributed by atoms with Gasteiger partial charge in [0.1, 0.15) is 12.3 Å². The number of fused-ring (bicyclic) bond motifs is 1. The molecule has 9 heteroatoms. The number of benzene rings is 1. The summed E-state index contributed by atoms with van der Waals surface area (Å²) < 4.78 is 42.7. The standard InChI is InChI=1S/C19H19F3N4O2/c1-2-23-18(27)17-15-10-26(25-16(15)7-8-24-17)9-13-3-5-14(6-4-13)11-28-12-19(20,21)22/h3-8,10H,2,9,11-12H2,1H3,(H,23,27). The van der Waals surface area contributed by atoms with Crippen LogP contribution < -0.4 is 5.32 Å². The van der Waals surface area contributed by atoms with Gasteiger partial charge in [0.15, 0.2) is 0 Å². The van der Waals surface area contributed by atoms with E-state index < -0.39 is 12.8 Å². The predicted octanol–water partition coefficient (Wildman–Crippen LogP) is 3.31. The second-order valence-electron chi connectivity index (χ2n) is 6.20. The number of nitrogens with one attached hydrogen (secondary N) is 1. The van der Waals surface area contributed by atoms with Crippen LogP contribution in [0, 0.1) is 0 Å². The lowest BCUT2D eigenvalue weighted by Crippen LogP contribution is -2.23. The minimum Gasteiger partial charge on any atom is -0.367 e. The molecule has 3 rings (SSSR count). The Kier molecular flexibility index (Phi) is 5.93. The van der Waals surface area contributed by atoms with Gasteiger partial charge in [0.2, 0.25) is 0 Å². The van der Waals surface area contributed by atoms with Crippen LogP contribution in [0.3, 0.4) is 0 Å². The van der Waals surface area contributed by atoms with Crippen molar-refractivity contribution < 1.29 is 22.7 Å². The smallest absolute Gasteiger partial charge is 0.367 e. The fourth-order valence-corrected chi connectivity index (χ4v) is 2.71. The van der Waals surface area contributed by atoms with Gasteiger partial charge in [0.05, 0.1) is 24.1 Å². The molecule has 0 atom stereocenters. The first-order valence-corrected chi connectivity index (χ1v) is 8.68. The number of hydrogen-bond acceptors (Lipinski definition) is 4. The van der Waals surface area contributed by atoms with Crippen LogP contribution in [-0.2, 0) is 17.9 Å². The first kappa shape index (κ1) is 19.8. The van der Waals surface area contributed by atoms with Crippen molar-refractivity contribution in [2.24, 2.45) is 0 Å². The van der Waals surface area contributed by atoms with Crippen LogP contribution >= 0.6 is 0 Å². The lowest BCUT2D eigenvalue weighted by Gasteiger charge is -2.08. The van der Waals surface area contributed by atoms with Crippen molar-refractivity contribution in [2.45, 2.75) is 26.3 Å². The maximum Gasteiger partial charge on any atom is 0.411 e. The predicted molar refractivity (Wildman–Crippen MR) is 96.8 cm³/mol. The Balaban J connectivity index is 1.69. The summed E-state index contributed by atoms with van der Waals surface area (Å²) in [5.41, 5.74) is 2.55. The highest BCUT2D eigenvalue weighted by molar-refractivity contribution is 6.04. The molecule has 0 aliphatic heterocycles. The zero-order valence-electron chi connectivity index (χ0n) is 15.2. The normalized spacial score (nSPS) is 11.7. The first-order valence-electron chi connectivity index (χ1n) is 8.68. The van der Waals surface area contributed by atoms with Crippen molar-refractivity contribution in [2.75, 3.05) is 13.2 Å². The molecule has 2 heterocycles. The summed E-state index contributed by atoms with van der Waals surface area (Å²) >= 11 is 0. The summed E-state index contributed by atoms with van der Waals surface area (Å²) in [6, 6.07) is 8.78. The molecule has 6 nitrogen and oxygen atoms in total. The second kappa shape index (κ2) is 8.39. The third-order valence-corrected chi connectivity index (χ3v) is 3.94. The molecule has 148 valence electrons. The molecule has 0 spiro atoms. The fraction of sp³-hybridized carbons (Fsp3) is 0.316. The maximum absolute atomic E-state index is 12.1. The summed E-state index contributed by atoms with van der Waals surface area (Å²) in [5.74, 6) is -0.254. The minimum atomic E-state index is -4.33. The lowest BCUT2D eigenvalue weighted by atomic mass is 10.1. The Morgan fingerprint density at radius 2 is 1.89 bits per heavy atom. The summed E-state index contributed by atoms with van der Waals surface area (Å²) in [5, 5.41) is 7.84. The van der Waals surface area contributed by atoms with E-state index in [1.807, 2.05) is 19.1 Å². The Labute approximate surface area is 159 Å². The van der Waals surface area contributed by atoms with E-state index in [-0.39, 0.29) is 12.5 Å². The molecule has 0 aliphatic carbocycles. The van der Waals surface area contributed by atoms with Crippen LogP contribution in [0.15, 0.2) is 42.7 Å². The number of nitrogens with zero attached hydrogens (tertiary/aromatic N) is 3. The molecule has 1 aromatic carbocycles. The summed E-state index contributed by atoms with van der Waals surface area (Å²) in [7, 11) is 0. The van der Waals surface area contributed by atoms with Crippen molar-refractivity contribution in [3.05, 3.63) is 59.5 Å². The molecule has 0 unspecified atom stereocenters. The summed E-state index contributed by atoms with van der Waals surface area (Å²) in [6.45, 7) is 1.42. The van der Waals surface area contributed by atoms with E-state index in [1.54, 1.807) is 35.3 Å². The van der Waals surface area contributed by atoms with Crippen LogP contribution in [-0.4, -0.2) is 40.0 Å². The molecule has 1 N–H and O–H groups in total. The average molecular weight is 392 g/mol. The SMILES string of the molecule is CCNC(=O)c1nccc2nn(Cc3ccc(COCC(F)(F)F)cc3)cc12. The highest BCUT2D eigenvalue weighted by atomic mass is 19.4. The number of aromatic nitrogens is 3.